The second kappa shape index (κ2) is 9.37. The van der Waals surface area contributed by atoms with Crippen molar-refractivity contribution in [2.24, 2.45) is 5.92 Å². The zero-order valence-electron chi connectivity index (χ0n) is 19.6. The van der Waals surface area contributed by atoms with Crippen molar-refractivity contribution < 1.29 is 18.7 Å². The lowest BCUT2D eigenvalue weighted by Gasteiger charge is -2.37. The van der Waals surface area contributed by atoms with Gasteiger partial charge in [0.1, 0.15) is 5.75 Å². The number of amides is 2. The molecule has 2 aliphatic rings. The molecule has 1 aliphatic carbocycles. The highest BCUT2D eigenvalue weighted by molar-refractivity contribution is 5.92. The van der Waals surface area contributed by atoms with E-state index in [1.807, 2.05) is 36.1 Å². The first kappa shape index (κ1) is 22.3. The first-order chi connectivity index (χ1) is 16.5. The number of nitrogens with zero attached hydrogens (tertiary/aromatic N) is 1. The van der Waals surface area contributed by atoms with E-state index in [0.29, 0.717) is 24.0 Å². The fraction of sp³-hybridized carbons (Fsp3) is 0.357. The number of hydrogen-bond donors (Lipinski definition) is 1. The first-order valence-electron chi connectivity index (χ1n) is 12.0. The van der Waals surface area contributed by atoms with Crippen molar-refractivity contribution in [1.82, 2.24) is 10.2 Å². The number of fused-ring (bicyclic) bond motifs is 1. The van der Waals surface area contributed by atoms with E-state index in [4.69, 9.17) is 9.15 Å². The van der Waals surface area contributed by atoms with Crippen molar-refractivity contribution in [3.8, 4) is 5.75 Å². The number of carbonyl (C=O) groups is 2. The molecule has 2 atom stereocenters. The van der Waals surface area contributed by atoms with Gasteiger partial charge in [-0.15, -0.1) is 0 Å². The fourth-order valence-corrected chi connectivity index (χ4v) is 4.60. The van der Waals surface area contributed by atoms with E-state index in [-0.39, 0.29) is 17.9 Å². The van der Waals surface area contributed by atoms with E-state index in [2.05, 4.69) is 23.5 Å². The Morgan fingerprint density at radius 3 is 2.74 bits per heavy atom. The predicted molar refractivity (Wildman–Crippen MR) is 129 cm³/mol. The van der Waals surface area contributed by atoms with Crippen LogP contribution >= 0.6 is 0 Å². The van der Waals surface area contributed by atoms with E-state index in [1.54, 1.807) is 19.1 Å². The van der Waals surface area contributed by atoms with Gasteiger partial charge in [0.15, 0.2) is 11.9 Å². The lowest BCUT2D eigenvalue weighted by Crippen LogP contribution is -2.40. The van der Waals surface area contributed by atoms with Gasteiger partial charge in [0, 0.05) is 13.1 Å². The van der Waals surface area contributed by atoms with E-state index >= 15 is 0 Å². The van der Waals surface area contributed by atoms with Crippen molar-refractivity contribution in [2.75, 3.05) is 13.1 Å². The molecule has 2 heterocycles. The Bertz CT molecular complexity index is 1180. The molecule has 0 spiro atoms. The molecule has 1 aliphatic heterocycles. The lowest BCUT2D eigenvalue weighted by atomic mass is 9.87. The quantitative estimate of drug-likeness (QED) is 0.559. The molecule has 2 aromatic carbocycles. The summed E-state index contributed by atoms with van der Waals surface area (Å²) in [7, 11) is 0. The summed E-state index contributed by atoms with van der Waals surface area (Å²) in [4.78, 5) is 27.7. The van der Waals surface area contributed by atoms with E-state index in [1.165, 1.54) is 24.7 Å². The summed E-state index contributed by atoms with van der Waals surface area (Å²) in [6.45, 7) is 5.13. The molecule has 34 heavy (non-hydrogen) atoms. The van der Waals surface area contributed by atoms with Crippen molar-refractivity contribution in [3.63, 3.8) is 0 Å². The van der Waals surface area contributed by atoms with Crippen LogP contribution in [0.15, 0.2) is 65.3 Å². The molecule has 1 fully saturated rings. The van der Waals surface area contributed by atoms with Crippen LogP contribution in [-0.4, -0.2) is 35.9 Å². The number of ether oxygens (including phenoxy) is 1. The summed E-state index contributed by atoms with van der Waals surface area (Å²) in [5.74, 6) is 1.33. The molecular formula is C28H30N2O4. The summed E-state index contributed by atoms with van der Waals surface area (Å²) < 4.78 is 11.5. The Hall–Kier alpha value is -3.54. The standard InChI is InChI=1S/C28H30N2O4/c1-18-5-3-6-22(15-18)26-24-16-23(34-19(2)27(31)29-17-20-8-9-20)11-10-21(24)12-13-30(26)28(32)25-7-4-14-33-25/h3-7,10-11,14-16,19-20,26H,8-9,12-13,17H2,1-2H3,(H,29,31)/t19-,26-/m0/s1. The minimum atomic E-state index is -0.598. The van der Waals surface area contributed by atoms with Crippen LogP contribution in [0.4, 0.5) is 0 Å². The molecule has 1 N–H and O–H groups in total. The third kappa shape index (κ3) is 4.72. The van der Waals surface area contributed by atoms with Gasteiger partial charge >= 0.3 is 0 Å². The Kier molecular flexibility index (Phi) is 6.14. The molecule has 0 radical (unpaired) electrons. The highest BCUT2D eigenvalue weighted by atomic mass is 16.5. The molecular weight excluding hydrogens is 428 g/mol. The molecule has 1 saturated carbocycles. The largest absolute Gasteiger partial charge is 0.481 e. The van der Waals surface area contributed by atoms with Gasteiger partial charge in [0.2, 0.25) is 0 Å². The predicted octanol–water partition coefficient (Wildman–Crippen LogP) is 4.67. The molecule has 1 aromatic heterocycles. The number of nitrogens with one attached hydrogen (secondary N) is 1. The first-order valence-corrected chi connectivity index (χ1v) is 12.0. The molecule has 176 valence electrons. The highest BCUT2D eigenvalue weighted by Gasteiger charge is 2.34. The van der Waals surface area contributed by atoms with Crippen LogP contribution in [0.1, 0.15) is 58.6 Å². The number of hydrogen-bond acceptors (Lipinski definition) is 4. The third-order valence-electron chi connectivity index (χ3n) is 6.64. The van der Waals surface area contributed by atoms with Gasteiger partial charge in [0.25, 0.3) is 11.8 Å². The number of rotatable bonds is 7. The fourth-order valence-electron chi connectivity index (χ4n) is 4.60. The van der Waals surface area contributed by atoms with Gasteiger partial charge in [-0.25, -0.2) is 0 Å². The van der Waals surface area contributed by atoms with Gasteiger partial charge in [-0.2, -0.15) is 0 Å². The Morgan fingerprint density at radius 1 is 1.15 bits per heavy atom. The maximum Gasteiger partial charge on any atom is 0.290 e. The van der Waals surface area contributed by atoms with Crippen LogP contribution in [0.2, 0.25) is 0 Å². The average molecular weight is 459 g/mol. The molecule has 2 amide bonds. The van der Waals surface area contributed by atoms with Gasteiger partial charge in [-0.1, -0.05) is 35.9 Å². The molecule has 3 aromatic rings. The molecule has 6 nitrogen and oxygen atoms in total. The summed E-state index contributed by atoms with van der Waals surface area (Å²) in [6.07, 6.45) is 4.04. The monoisotopic (exact) mass is 458 g/mol. The van der Waals surface area contributed by atoms with Gasteiger partial charge in [-0.05, 0) is 80.0 Å². The zero-order valence-corrected chi connectivity index (χ0v) is 19.6. The Morgan fingerprint density at radius 2 is 2.00 bits per heavy atom. The topological polar surface area (TPSA) is 71.8 Å². The van der Waals surface area contributed by atoms with E-state index in [9.17, 15) is 9.59 Å². The van der Waals surface area contributed by atoms with Crippen LogP contribution in [0.5, 0.6) is 5.75 Å². The third-order valence-corrected chi connectivity index (χ3v) is 6.64. The second-order valence-electron chi connectivity index (χ2n) is 9.35. The molecule has 0 saturated heterocycles. The van der Waals surface area contributed by atoms with Gasteiger partial charge < -0.3 is 19.4 Å². The van der Waals surface area contributed by atoms with Crippen molar-refractivity contribution in [1.29, 1.82) is 0 Å². The number of benzene rings is 2. The van der Waals surface area contributed by atoms with Crippen LogP contribution in [0.25, 0.3) is 0 Å². The van der Waals surface area contributed by atoms with Gasteiger partial charge in [-0.3, -0.25) is 9.59 Å². The van der Waals surface area contributed by atoms with Crippen LogP contribution in [0.3, 0.4) is 0 Å². The minimum absolute atomic E-state index is 0.102. The summed E-state index contributed by atoms with van der Waals surface area (Å²) in [5.41, 5.74) is 4.35. The van der Waals surface area contributed by atoms with E-state index in [0.717, 1.165) is 29.7 Å². The van der Waals surface area contributed by atoms with Crippen LogP contribution < -0.4 is 10.1 Å². The van der Waals surface area contributed by atoms with Crippen LogP contribution in [-0.2, 0) is 11.2 Å². The summed E-state index contributed by atoms with van der Waals surface area (Å²) in [5, 5.41) is 2.98. The maximum absolute atomic E-state index is 13.4. The summed E-state index contributed by atoms with van der Waals surface area (Å²) in [6, 6.07) is 17.3. The smallest absolute Gasteiger partial charge is 0.290 e. The second-order valence-corrected chi connectivity index (χ2v) is 9.35. The normalized spacial score (nSPS) is 18.2. The average Bonchev–Trinajstić information content (AvgIpc) is 3.51. The highest BCUT2D eigenvalue weighted by Crippen LogP contribution is 2.38. The lowest BCUT2D eigenvalue weighted by molar-refractivity contribution is -0.127. The molecule has 0 unspecified atom stereocenters. The van der Waals surface area contributed by atoms with Crippen molar-refractivity contribution >= 4 is 11.8 Å². The molecule has 5 rings (SSSR count). The van der Waals surface area contributed by atoms with Crippen molar-refractivity contribution in [2.45, 2.75) is 45.3 Å². The minimum Gasteiger partial charge on any atom is -0.481 e. The number of aryl methyl sites for hydroxylation is 1. The Balaban J connectivity index is 1.45. The van der Waals surface area contributed by atoms with E-state index < -0.39 is 6.10 Å². The molecule has 6 heteroatoms. The number of carbonyl (C=O) groups excluding carboxylic acids is 2. The zero-order chi connectivity index (χ0) is 23.7. The molecule has 0 bridgehead atoms. The summed E-state index contributed by atoms with van der Waals surface area (Å²) >= 11 is 0. The van der Waals surface area contributed by atoms with Gasteiger partial charge in [0.05, 0.1) is 12.3 Å². The van der Waals surface area contributed by atoms with Crippen molar-refractivity contribution in [3.05, 3.63) is 88.9 Å². The Labute approximate surface area is 199 Å². The number of furan rings is 1. The maximum atomic E-state index is 13.4. The SMILES string of the molecule is Cc1cccc([C@H]2c3cc(O[C@@H](C)C(=O)NCC4CC4)ccc3CCN2C(=O)c2ccco2)c1. The van der Waals surface area contributed by atoms with Crippen LogP contribution in [0, 0.1) is 12.8 Å².